The predicted molar refractivity (Wildman–Crippen MR) is 87.8 cm³/mol. The van der Waals surface area contributed by atoms with E-state index < -0.39 is 10.0 Å². The van der Waals surface area contributed by atoms with Crippen molar-refractivity contribution >= 4 is 27.2 Å². The first kappa shape index (κ1) is 18.0. The zero-order chi connectivity index (χ0) is 15.9. The SMILES string of the molecule is CC(C)OCCCCNS(=O)(=O)c1ccc(C(N)=S)cc1. The van der Waals surface area contributed by atoms with Gasteiger partial charge in [0.2, 0.25) is 10.0 Å². The Labute approximate surface area is 131 Å². The van der Waals surface area contributed by atoms with Crippen LogP contribution in [0, 0.1) is 0 Å². The largest absolute Gasteiger partial charge is 0.389 e. The first-order valence-electron chi connectivity index (χ1n) is 6.84. The van der Waals surface area contributed by atoms with Crippen molar-refractivity contribution in [2.75, 3.05) is 13.2 Å². The van der Waals surface area contributed by atoms with E-state index in [4.69, 9.17) is 22.7 Å². The quantitative estimate of drug-likeness (QED) is 0.533. The molecule has 0 saturated carbocycles. The third kappa shape index (κ3) is 6.52. The summed E-state index contributed by atoms with van der Waals surface area (Å²) in [4.78, 5) is 0.456. The Hall–Kier alpha value is -1.02. The summed E-state index contributed by atoms with van der Waals surface area (Å²) in [7, 11) is -3.48. The second-order valence-corrected chi connectivity index (χ2v) is 7.12. The monoisotopic (exact) mass is 330 g/mol. The molecule has 0 radical (unpaired) electrons. The van der Waals surface area contributed by atoms with Crippen LogP contribution in [0.15, 0.2) is 29.2 Å². The molecule has 21 heavy (non-hydrogen) atoms. The maximum absolute atomic E-state index is 12.0. The van der Waals surface area contributed by atoms with E-state index in [1.165, 1.54) is 12.1 Å². The maximum atomic E-state index is 12.0. The number of hydrogen-bond acceptors (Lipinski definition) is 4. The molecule has 0 saturated heterocycles. The lowest BCUT2D eigenvalue weighted by Gasteiger charge is -2.09. The van der Waals surface area contributed by atoms with Crippen molar-refractivity contribution in [1.29, 1.82) is 0 Å². The van der Waals surface area contributed by atoms with Gasteiger partial charge in [0.25, 0.3) is 0 Å². The molecule has 1 aromatic rings. The highest BCUT2D eigenvalue weighted by Crippen LogP contribution is 2.10. The highest BCUT2D eigenvalue weighted by atomic mass is 32.2. The average Bonchev–Trinajstić information content (AvgIpc) is 2.42. The van der Waals surface area contributed by atoms with E-state index in [1.807, 2.05) is 13.8 Å². The van der Waals surface area contributed by atoms with Crippen LogP contribution in [0.3, 0.4) is 0 Å². The third-order valence-electron chi connectivity index (χ3n) is 2.76. The Morgan fingerprint density at radius 2 is 1.90 bits per heavy atom. The van der Waals surface area contributed by atoms with Gasteiger partial charge in [-0.15, -0.1) is 0 Å². The van der Waals surface area contributed by atoms with Crippen molar-refractivity contribution in [3.05, 3.63) is 29.8 Å². The van der Waals surface area contributed by atoms with Crippen LogP contribution in [0.2, 0.25) is 0 Å². The molecule has 0 aliphatic rings. The number of thiocarbonyl (C=S) groups is 1. The summed E-state index contributed by atoms with van der Waals surface area (Å²) < 4.78 is 32.1. The van der Waals surface area contributed by atoms with Crippen molar-refractivity contribution in [1.82, 2.24) is 4.72 Å². The molecule has 0 aromatic heterocycles. The van der Waals surface area contributed by atoms with Crippen LogP contribution < -0.4 is 10.5 Å². The Kier molecular flexibility index (Phi) is 7.24. The number of hydrogen-bond donors (Lipinski definition) is 2. The first-order chi connectivity index (χ1) is 9.83. The molecule has 0 heterocycles. The van der Waals surface area contributed by atoms with Gasteiger partial charge in [-0.1, -0.05) is 24.4 Å². The van der Waals surface area contributed by atoms with Crippen LogP contribution in [0.4, 0.5) is 0 Å². The average molecular weight is 330 g/mol. The van der Waals surface area contributed by atoms with Gasteiger partial charge in [-0.25, -0.2) is 13.1 Å². The van der Waals surface area contributed by atoms with Crippen molar-refractivity contribution in [2.24, 2.45) is 5.73 Å². The van der Waals surface area contributed by atoms with E-state index in [9.17, 15) is 8.42 Å². The number of unbranched alkanes of at least 4 members (excludes halogenated alkanes) is 1. The van der Waals surface area contributed by atoms with Crippen LogP contribution in [0.25, 0.3) is 0 Å². The minimum Gasteiger partial charge on any atom is -0.389 e. The second kappa shape index (κ2) is 8.43. The molecule has 0 fully saturated rings. The molecule has 1 rings (SSSR count). The van der Waals surface area contributed by atoms with E-state index in [0.29, 0.717) is 18.7 Å². The van der Waals surface area contributed by atoms with E-state index in [1.54, 1.807) is 12.1 Å². The Morgan fingerprint density at radius 3 is 2.43 bits per heavy atom. The van der Waals surface area contributed by atoms with Crippen LogP contribution in [-0.2, 0) is 14.8 Å². The van der Waals surface area contributed by atoms with Gasteiger partial charge >= 0.3 is 0 Å². The molecule has 0 unspecified atom stereocenters. The third-order valence-corrected chi connectivity index (χ3v) is 4.48. The zero-order valence-electron chi connectivity index (χ0n) is 12.3. The Morgan fingerprint density at radius 1 is 1.29 bits per heavy atom. The van der Waals surface area contributed by atoms with Gasteiger partial charge in [0.1, 0.15) is 4.99 Å². The van der Waals surface area contributed by atoms with Gasteiger partial charge in [0.05, 0.1) is 11.0 Å². The molecule has 0 aliphatic carbocycles. The molecule has 0 aliphatic heterocycles. The molecule has 0 spiro atoms. The van der Waals surface area contributed by atoms with Gasteiger partial charge in [0.15, 0.2) is 0 Å². The van der Waals surface area contributed by atoms with Crippen molar-refractivity contribution < 1.29 is 13.2 Å². The summed E-state index contributed by atoms with van der Waals surface area (Å²) >= 11 is 4.83. The highest BCUT2D eigenvalue weighted by Gasteiger charge is 2.13. The van der Waals surface area contributed by atoms with Crippen molar-refractivity contribution in [3.63, 3.8) is 0 Å². The van der Waals surface area contributed by atoms with Gasteiger partial charge in [-0.2, -0.15) is 0 Å². The predicted octanol–water partition coefficient (Wildman–Crippen LogP) is 1.80. The minimum atomic E-state index is -3.48. The smallest absolute Gasteiger partial charge is 0.240 e. The molecular weight excluding hydrogens is 308 g/mol. The zero-order valence-corrected chi connectivity index (χ0v) is 14.0. The summed E-state index contributed by atoms with van der Waals surface area (Å²) in [6.07, 6.45) is 1.76. The molecule has 0 bridgehead atoms. The number of benzene rings is 1. The molecule has 1 aromatic carbocycles. The van der Waals surface area contributed by atoms with Crippen LogP contribution in [-0.4, -0.2) is 32.7 Å². The fourth-order valence-electron chi connectivity index (χ4n) is 1.63. The Balaban J connectivity index is 2.44. The van der Waals surface area contributed by atoms with E-state index in [-0.39, 0.29) is 16.0 Å². The van der Waals surface area contributed by atoms with Gasteiger partial charge in [-0.3, -0.25) is 0 Å². The van der Waals surface area contributed by atoms with E-state index >= 15 is 0 Å². The normalized spacial score (nSPS) is 11.8. The van der Waals surface area contributed by atoms with Gasteiger partial charge in [0, 0.05) is 18.7 Å². The molecular formula is C14H22N2O3S2. The van der Waals surface area contributed by atoms with Crippen molar-refractivity contribution in [3.8, 4) is 0 Å². The molecule has 0 atom stereocenters. The highest BCUT2D eigenvalue weighted by molar-refractivity contribution is 7.89. The van der Waals surface area contributed by atoms with Gasteiger partial charge in [-0.05, 0) is 38.8 Å². The number of sulfonamides is 1. The lowest BCUT2D eigenvalue weighted by atomic mass is 10.2. The van der Waals surface area contributed by atoms with Gasteiger partial charge < -0.3 is 10.5 Å². The second-order valence-electron chi connectivity index (χ2n) is 4.91. The molecule has 0 amide bonds. The van der Waals surface area contributed by atoms with E-state index in [2.05, 4.69) is 4.72 Å². The first-order valence-corrected chi connectivity index (χ1v) is 8.73. The summed E-state index contributed by atoms with van der Waals surface area (Å²) in [5, 5.41) is 0. The number of rotatable bonds is 9. The number of nitrogens with one attached hydrogen (secondary N) is 1. The fraction of sp³-hybridized carbons (Fsp3) is 0.500. The topological polar surface area (TPSA) is 81.4 Å². The van der Waals surface area contributed by atoms with Crippen molar-refractivity contribution in [2.45, 2.75) is 37.7 Å². The summed E-state index contributed by atoms with van der Waals surface area (Å²) in [6, 6.07) is 6.21. The standard InChI is InChI=1S/C14H22N2O3S2/c1-11(2)19-10-4-3-9-16-21(17,18)13-7-5-12(6-8-13)14(15)20/h5-8,11,16H,3-4,9-10H2,1-2H3,(H2,15,20). The molecule has 7 heteroatoms. The lowest BCUT2D eigenvalue weighted by Crippen LogP contribution is -2.25. The Bertz CT molecular complexity index is 554. The summed E-state index contributed by atoms with van der Waals surface area (Å²) in [5.74, 6) is 0. The molecule has 118 valence electrons. The molecule has 5 nitrogen and oxygen atoms in total. The van der Waals surface area contributed by atoms with Crippen LogP contribution in [0.5, 0.6) is 0 Å². The summed E-state index contributed by atoms with van der Waals surface area (Å²) in [6.45, 7) is 4.97. The molecule has 3 N–H and O–H groups in total. The number of nitrogens with two attached hydrogens (primary N) is 1. The van der Waals surface area contributed by atoms with Crippen LogP contribution >= 0.6 is 12.2 Å². The van der Waals surface area contributed by atoms with E-state index in [0.717, 1.165) is 12.8 Å². The minimum absolute atomic E-state index is 0.203. The van der Waals surface area contributed by atoms with Crippen LogP contribution in [0.1, 0.15) is 32.3 Å². The maximum Gasteiger partial charge on any atom is 0.240 e. The lowest BCUT2D eigenvalue weighted by molar-refractivity contribution is 0.0762. The fourth-order valence-corrected chi connectivity index (χ4v) is 2.84. The summed E-state index contributed by atoms with van der Waals surface area (Å²) in [5.41, 5.74) is 6.12. The number of ether oxygens (including phenoxy) is 1.